The SMILES string of the molecule is COC(C(=O)N1CCCCC1C(N)=S)c1ccccc1. The number of hydrogen-bond donors (Lipinski definition) is 1. The van der Waals surface area contributed by atoms with Crippen LogP contribution in [-0.2, 0) is 9.53 Å². The number of benzene rings is 1. The fourth-order valence-electron chi connectivity index (χ4n) is 2.65. The van der Waals surface area contributed by atoms with Crippen LogP contribution >= 0.6 is 12.2 Å². The Balaban J connectivity index is 2.21. The van der Waals surface area contributed by atoms with Crippen LogP contribution in [0.1, 0.15) is 30.9 Å². The molecule has 0 radical (unpaired) electrons. The molecule has 5 heteroatoms. The molecule has 2 unspecified atom stereocenters. The van der Waals surface area contributed by atoms with Gasteiger partial charge in [0.25, 0.3) is 5.91 Å². The van der Waals surface area contributed by atoms with Crippen LogP contribution in [-0.4, -0.2) is 35.5 Å². The zero-order chi connectivity index (χ0) is 14.5. The highest BCUT2D eigenvalue weighted by atomic mass is 32.1. The summed E-state index contributed by atoms with van der Waals surface area (Å²) in [6.45, 7) is 0.688. The van der Waals surface area contributed by atoms with Gasteiger partial charge in [-0.3, -0.25) is 4.79 Å². The van der Waals surface area contributed by atoms with Crippen molar-refractivity contribution in [2.24, 2.45) is 5.73 Å². The molecule has 4 nitrogen and oxygen atoms in total. The second-order valence-corrected chi connectivity index (χ2v) is 5.44. The molecule has 0 saturated carbocycles. The number of methoxy groups -OCH3 is 1. The number of rotatable bonds is 4. The van der Waals surface area contributed by atoms with Gasteiger partial charge in [0.05, 0.1) is 11.0 Å². The average Bonchev–Trinajstić information content (AvgIpc) is 2.49. The van der Waals surface area contributed by atoms with Crippen molar-refractivity contribution in [3.05, 3.63) is 35.9 Å². The smallest absolute Gasteiger partial charge is 0.256 e. The molecule has 0 spiro atoms. The summed E-state index contributed by atoms with van der Waals surface area (Å²) in [6.07, 6.45) is 2.28. The number of amides is 1. The molecule has 0 bridgehead atoms. The number of likely N-dealkylation sites (tertiary alicyclic amines) is 1. The Morgan fingerprint density at radius 1 is 1.40 bits per heavy atom. The van der Waals surface area contributed by atoms with Gasteiger partial charge in [-0.05, 0) is 24.8 Å². The summed E-state index contributed by atoms with van der Waals surface area (Å²) in [5.41, 5.74) is 6.63. The van der Waals surface area contributed by atoms with E-state index in [1.165, 1.54) is 0 Å². The molecule has 1 aromatic carbocycles. The fraction of sp³-hybridized carbons (Fsp3) is 0.467. The third kappa shape index (κ3) is 3.16. The molecule has 2 rings (SSSR count). The molecule has 0 aliphatic carbocycles. The van der Waals surface area contributed by atoms with E-state index in [1.807, 2.05) is 30.3 Å². The summed E-state index contributed by atoms with van der Waals surface area (Å²) >= 11 is 5.09. The molecule has 1 amide bonds. The van der Waals surface area contributed by atoms with Crippen molar-refractivity contribution in [2.45, 2.75) is 31.4 Å². The maximum Gasteiger partial charge on any atom is 0.256 e. The quantitative estimate of drug-likeness (QED) is 0.863. The monoisotopic (exact) mass is 292 g/mol. The van der Waals surface area contributed by atoms with E-state index in [0.717, 1.165) is 24.8 Å². The number of carbonyl (C=O) groups excluding carboxylic acids is 1. The highest BCUT2D eigenvalue weighted by Crippen LogP contribution is 2.25. The van der Waals surface area contributed by atoms with Crippen LogP contribution in [0.2, 0.25) is 0 Å². The lowest BCUT2D eigenvalue weighted by Crippen LogP contribution is -2.51. The maximum absolute atomic E-state index is 12.7. The van der Waals surface area contributed by atoms with Crippen LogP contribution < -0.4 is 5.73 Å². The Morgan fingerprint density at radius 3 is 2.70 bits per heavy atom. The van der Waals surface area contributed by atoms with Gasteiger partial charge < -0.3 is 15.4 Å². The van der Waals surface area contributed by atoms with Crippen molar-refractivity contribution in [3.63, 3.8) is 0 Å². The first-order valence-corrected chi connectivity index (χ1v) is 7.23. The zero-order valence-electron chi connectivity index (χ0n) is 11.6. The first kappa shape index (κ1) is 14.9. The van der Waals surface area contributed by atoms with Crippen LogP contribution in [0.3, 0.4) is 0 Å². The Kier molecular flexibility index (Phi) is 5.09. The maximum atomic E-state index is 12.7. The first-order chi connectivity index (χ1) is 9.65. The summed E-state index contributed by atoms with van der Waals surface area (Å²) in [5.74, 6) is -0.0591. The molecular weight excluding hydrogens is 272 g/mol. The van der Waals surface area contributed by atoms with E-state index in [0.29, 0.717) is 11.5 Å². The van der Waals surface area contributed by atoms with Gasteiger partial charge in [-0.25, -0.2) is 0 Å². The van der Waals surface area contributed by atoms with Crippen molar-refractivity contribution in [3.8, 4) is 0 Å². The largest absolute Gasteiger partial charge is 0.392 e. The van der Waals surface area contributed by atoms with Gasteiger partial charge in [-0.2, -0.15) is 0 Å². The highest BCUT2D eigenvalue weighted by molar-refractivity contribution is 7.80. The van der Waals surface area contributed by atoms with E-state index in [-0.39, 0.29) is 11.9 Å². The predicted molar refractivity (Wildman–Crippen MR) is 82.3 cm³/mol. The summed E-state index contributed by atoms with van der Waals surface area (Å²) in [5, 5.41) is 0. The molecule has 20 heavy (non-hydrogen) atoms. The van der Waals surface area contributed by atoms with Gasteiger partial charge in [0.1, 0.15) is 0 Å². The molecule has 1 aromatic rings. The van der Waals surface area contributed by atoms with Crippen molar-refractivity contribution in [2.75, 3.05) is 13.7 Å². The molecular formula is C15H20N2O2S. The fourth-order valence-corrected chi connectivity index (χ4v) is 2.89. The second-order valence-electron chi connectivity index (χ2n) is 4.97. The van der Waals surface area contributed by atoms with Gasteiger partial charge in [0.2, 0.25) is 0 Å². The normalized spacial score (nSPS) is 20.4. The molecule has 1 heterocycles. The molecule has 0 aromatic heterocycles. The number of carbonyl (C=O) groups is 1. The lowest BCUT2D eigenvalue weighted by atomic mass is 9.99. The Labute approximate surface area is 124 Å². The predicted octanol–water partition coefficient (Wildman–Crippen LogP) is 2.04. The van der Waals surface area contributed by atoms with Crippen molar-refractivity contribution >= 4 is 23.1 Å². The first-order valence-electron chi connectivity index (χ1n) is 6.82. The highest BCUT2D eigenvalue weighted by Gasteiger charge is 2.33. The van der Waals surface area contributed by atoms with Crippen LogP contribution in [0.5, 0.6) is 0 Å². The summed E-state index contributed by atoms with van der Waals surface area (Å²) < 4.78 is 5.40. The van der Waals surface area contributed by atoms with Gasteiger partial charge >= 0.3 is 0 Å². The molecule has 1 aliphatic heterocycles. The zero-order valence-corrected chi connectivity index (χ0v) is 12.4. The minimum absolute atomic E-state index is 0.0591. The minimum atomic E-state index is -0.592. The van der Waals surface area contributed by atoms with Gasteiger partial charge in [0, 0.05) is 13.7 Å². The standard InChI is InChI=1S/C15H20N2O2S/c1-19-13(11-7-3-2-4-8-11)15(18)17-10-6-5-9-12(17)14(16)20/h2-4,7-8,12-13H,5-6,9-10H2,1H3,(H2,16,20). The third-order valence-corrected chi connectivity index (χ3v) is 3.95. The Bertz CT molecular complexity index is 478. The van der Waals surface area contributed by atoms with E-state index in [9.17, 15) is 4.79 Å². The number of ether oxygens (including phenoxy) is 1. The van der Waals surface area contributed by atoms with Gasteiger partial charge in [-0.1, -0.05) is 42.5 Å². The van der Waals surface area contributed by atoms with Crippen LogP contribution in [0, 0.1) is 0 Å². The summed E-state index contributed by atoms with van der Waals surface area (Å²) in [6, 6.07) is 9.36. The average molecular weight is 292 g/mol. The van der Waals surface area contributed by atoms with E-state index in [2.05, 4.69) is 0 Å². The minimum Gasteiger partial charge on any atom is -0.392 e. The molecule has 1 fully saturated rings. The second kappa shape index (κ2) is 6.81. The summed E-state index contributed by atoms with van der Waals surface area (Å²) in [4.78, 5) is 14.9. The topological polar surface area (TPSA) is 55.6 Å². The number of thiocarbonyl (C=S) groups is 1. The number of nitrogens with two attached hydrogens (primary N) is 1. The number of piperidine rings is 1. The van der Waals surface area contributed by atoms with Gasteiger partial charge in [0.15, 0.2) is 6.10 Å². The molecule has 2 N–H and O–H groups in total. The number of hydrogen-bond acceptors (Lipinski definition) is 3. The van der Waals surface area contributed by atoms with Crippen LogP contribution in [0.4, 0.5) is 0 Å². The van der Waals surface area contributed by atoms with Crippen LogP contribution in [0.15, 0.2) is 30.3 Å². The van der Waals surface area contributed by atoms with Gasteiger partial charge in [-0.15, -0.1) is 0 Å². The Hall–Kier alpha value is -1.46. The van der Waals surface area contributed by atoms with E-state index >= 15 is 0 Å². The van der Waals surface area contributed by atoms with Crippen molar-refractivity contribution < 1.29 is 9.53 Å². The lowest BCUT2D eigenvalue weighted by molar-refractivity contribution is -0.144. The molecule has 1 aliphatic rings. The van der Waals surface area contributed by atoms with E-state index in [1.54, 1.807) is 12.0 Å². The molecule has 2 atom stereocenters. The van der Waals surface area contributed by atoms with Crippen molar-refractivity contribution in [1.82, 2.24) is 4.90 Å². The molecule has 1 saturated heterocycles. The third-order valence-electron chi connectivity index (χ3n) is 3.68. The Morgan fingerprint density at radius 2 is 2.10 bits per heavy atom. The van der Waals surface area contributed by atoms with E-state index in [4.69, 9.17) is 22.7 Å². The van der Waals surface area contributed by atoms with Crippen LogP contribution in [0.25, 0.3) is 0 Å². The molecule has 108 valence electrons. The van der Waals surface area contributed by atoms with Crippen molar-refractivity contribution in [1.29, 1.82) is 0 Å². The van der Waals surface area contributed by atoms with E-state index < -0.39 is 6.10 Å². The lowest BCUT2D eigenvalue weighted by Gasteiger charge is -2.37. The summed E-state index contributed by atoms with van der Waals surface area (Å²) in [7, 11) is 1.55. The number of nitrogens with zero attached hydrogens (tertiary/aromatic N) is 1.